The number of nitrogens with zero attached hydrogens (tertiary/aromatic N) is 5. The van der Waals surface area contributed by atoms with Crippen LogP contribution in [0.5, 0.6) is 0 Å². The third-order valence-electron chi connectivity index (χ3n) is 12.0. The molecule has 0 spiro atoms. The summed E-state index contributed by atoms with van der Waals surface area (Å²) < 4.78 is 0. The maximum atomic E-state index is 10.3. The van der Waals surface area contributed by atoms with E-state index in [0.717, 1.165) is 75.1 Å². The molecule has 5 aliphatic heterocycles. The summed E-state index contributed by atoms with van der Waals surface area (Å²) in [7, 11) is 0. The first kappa shape index (κ1) is 166. The largest absolute Gasteiger partial charge is 0.293 e. The molecule has 6 heteroatoms. The van der Waals surface area contributed by atoms with Gasteiger partial charge in [0.25, 0.3) is 0 Å². The van der Waals surface area contributed by atoms with Gasteiger partial charge >= 0.3 is 0 Å². The van der Waals surface area contributed by atoms with Crippen LogP contribution < -0.4 is 0 Å². The topological polar surface area (TPSA) is 78.9 Å². The lowest BCUT2D eigenvalue weighted by Crippen LogP contribution is -2.05. The molecule has 0 aromatic heterocycles. The van der Waals surface area contributed by atoms with Gasteiger partial charge in [0, 0.05) is 55.8 Å². The normalized spacial score (nSPS) is 13.9. The van der Waals surface area contributed by atoms with Gasteiger partial charge in [-0.3, -0.25) is 29.8 Å². The SMILES string of the molecule is C1=CCCC1.C1=CCN=C1.C1CCCC1.C1CCCCC1.C=C1C=CCCC1.C=C1C=NCC1.C=C1CCC=N1.C=C1CCCC1.C=C1CCCC=N1.C=C1CCCCC1.CC.CC.CC.CC.CC.CC.CC.CC.CC.CC.CC.CC.CC.CC.CC.CC.CC.CC.CC.CC.CC.CC.O=C1C=NCCC1. The number of carbonyl (C=O) groups is 1. The molecule has 11 aliphatic rings. The van der Waals surface area contributed by atoms with Crippen molar-refractivity contribution in [3.8, 4) is 0 Å². The van der Waals surface area contributed by atoms with Crippen molar-refractivity contribution in [3.05, 3.63) is 110 Å². The molecule has 0 saturated heterocycles. The van der Waals surface area contributed by atoms with Crippen molar-refractivity contribution >= 4 is 36.9 Å². The number of carbonyl (C=O) groups excluding carboxylic acids is 1. The molecule has 4 fully saturated rings. The zero-order valence-electron chi connectivity index (χ0n) is 86.9. The summed E-state index contributed by atoms with van der Waals surface area (Å²) in [4.78, 5) is 29.8. The van der Waals surface area contributed by atoms with E-state index in [0.29, 0.717) is 6.42 Å². The van der Waals surface area contributed by atoms with E-state index in [-0.39, 0.29) is 5.78 Å². The van der Waals surface area contributed by atoms with Crippen molar-refractivity contribution in [2.45, 2.75) is 523 Å². The second-order valence-corrected chi connectivity index (χ2v) is 18.7. The van der Waals surface area contributed by atoms with Crippen LogP contribution >= 0.6 is 0 Å². The molecule has 680 valence electrons. The monoisotopic (exact) mass is 1580 g/mol. The first-order chi connectivity index (χ1) is 54.8. The Bertz CT molecular complexity index is 1470. The zero-order chi connectivity index (χ0) is 92.5. The van der Waals surface area contributed by atoms with E-state index in [1.54, 1.807) is 6.21 Å². The molecule has 11 rings (SSSR count). The van der Waals surface area contributed by atoms with Crippen LogP contribution in [-0.4, -0.2) is 56.5 Å². The summed E-state index contributed by atoms with van der Waals surface area (Å²) in [6, 6.07) is 0. The lowest BCUT2D eigenvalue weighted by molar-refractivity contribution is -0.112. The maximum absolute atomic E-state index is 10.3. The highest BCUT2D eigenvalue weighted by Crippen LogP contribution is 2.22. The third-order valence-corrected chi connectivity index (χ3v) is 12.0. The number of ketones is 1. The van der Waals surface area contributed by atoms with E-state index < -0.39 is 0 Å². The van der Waals surface area contributed by atoms with Crippen LogP contribution in [-0.2, 0) is 4.79 Å². The Kier molecular flexibility index (Phi) is 357. The van der Waals surface area contributed by atoms with Crippen molar-refractivity contribution in [1.82, 2.24) is 0 Å². The summed E-state index contributed by atoms with van der Waals surface area (Å²) >= 11 is 0. The molecule has 0 N–H and O–H groups in total. The molecular formula is C105H229N5O. The fourth-order valence-electron chi connectivity index (χ4n) is 7.73. The lowest BCUT2D eigenvalue weighted by Gasteiger charge is -2.10. The second-order valence-electron chi connectivity index (χ2n) is 18.7. The van der Waals surface area contributed by atoms with E-state index >= 15 is 0 Å². The number of hydrogen-bond donors (Lipinski definition) is 0. The van der Waals surface area contributed by atoms with Gasteiger partial charge in [0.2, 0.25) is 0 Å². The van der Waals surface area contributed by atoms with Crippen molar-refractivity contribution in [1.29, 1.82) is 0 Å². The standard InChI is InChI=1S/C7H12.C7H10.C6H9N.C6H10.C6H12.C5H7NO.2C5H7N.C5H10.C5H8.C4H5N.22C2H6/c2*1-7-5-3-2-4-6-7;1-6-4-2-3-5-7-6;1-6-4-2-3-5-6;1-2-4-6-5-3-1;7-5-2-1-3-6-4-5;1-5-2-3-6-4-5;1-5-3-2-4-6-5;3*1-2-4-5-3-1;22*1-2/h1-6H2;3,5H,1-2,4,6H2;5H,1-4H2;1-5H2;1-6H2;4H,1-3H2;2*4H,1-3H2;1-5H2;1-2H,3-5H2;1-3H,4H2;22*1-2H3. The Morgan fingerprint density at radius 2 is 0.550 bits per heavy atom. The minimum Gasteiger partial charge on any atom is -0.293 e. The minimum atomic E-state index is 0.172. The molecule has 6 aliphatic carbocycles. The van der Waals surface area contributed by atoms with E-state index in [4.69, 9.17) is 0 Å². The Morgan fingerprint density at radius 1 is 0.243 bits per heavy atom. The van der Waals surface area contributed by atoms with E-state index in [1.807, 2.05) is 335 Å². The molecule has 0 radical (unpaired) electrons. The average molecular weight is 1580 g/mol. The second kappa shape index (κ2) is 239. The highest BCUT2D eigenvalue weighted by atomic mass is 16.1. The first-order valence-corrected chi connectivity index (χ1v) is 48.8. The number of hydrogen-bond acceptors (Lipinski definition) is 6. The Morgan fingerprint density at radius 3 is 0.667 bits per heavy atom. The van der Waals surface area contributed by atoms with Gasteiger partial charge in [0.1, 0.15) is 0 Å². The number of allylic oxidation sites excluding steroid dienone is 10. The third kappa shape index (κ3) is 234. The fraction of sp³-hybridized carbons (Fsp3) is 0.771. The van der Waals surface area contributed by atoms with Crippen LogP contribution in [0.3, 0.4) is 0 Å². The first-order valence-electron chi connectivity index (χ1n) is 48.8. The van der Waals surface area contributed by atoms with Crippen LogP contribution in [0.15, 0.2) is 135 Å². The molecule has 4 saturated carbocycles. The zero-order valence-corrected chi connectivity index (χ0v) is 86.9. The van der Waals surface area contributed by atoms with Gasteiger partial charge in [-0.05, 0) is 146 Å². The quantitative estimate of drug-likeness (QED) is 0.223. The summed E-state index contributed by atoms with van der Waals surface area (Å²) in [5.74, 6) is 0.172. The molecule has 6 nitrogen and oxygen atoms in total. The molecule has 0 atom stereocenters. The number of rotatable bonds is 0. The van der Waals surface area contributed by atoms with E-state index in [1.165, 1.54) is 196 Å². The highest BCUT2D eigenvalue weighted by Gasteiger charge is 2.03. The molecule has 0 unspecified atom stereocenters. The van der Waals surface area contributed by atoms with Gasteiger partial charge in [-0.15, -0.1) is 0 Å². The molecule has 111 heavy (non-hydrogen) atoms. The summed E-state index contributed by atoms with van der Waals surface area (Å²) in [5.41, 5.74) is 7.42. The molecule has 0 aromatic carbocycles. The lowest BCUT2D eigenvalue weighted by atomic mass is 9.97. The predicted octanol–water partition coefficient (Wildman–Crippen LogP) is 40.7. The van der Waals surface area contributed by atoms with Gasteiger partial charge < -0.3 is 0 Å². The van der Waals surface area contributed by atoms with Gasteiger partial charge in [-0.1, -0.05) is 468 Å². The summed E-state index contributed by atoms with van der Waals surface area (Å²) in [6.07, 6.45) is 66.4. The molecule has 0 aromatic rings. The molecule has 5 heterocycles. The fourth-order valence-corrected chi connectivity index (χ4v) is 7.73. The van der Waals surface area contributed by atoms with Gasteiger partial charge in [-0.25, -0.2) is 0 Å². The van der Waals surface area contributed by atoms with Crippen LogP contribution in [0, 0.1) is 0 Å². The smallest absolute Gasteiger partial charge is 0.173 e. The summed E-state index contributed by atoms with van der Waals surface area (Å²) in [5, 5.41) is 0. The molecule has 0 amide bonds. The van der Waals surface area contributed by atoms with Gasteiger partial charge in [0.15, 0.2) is 5.78 Å². The van der Waals surface area contributed by atoms with E-state index in [2.05, 4.69) is 88.7 Å². The number of Topliss-reactive ketones (excluding diaryl/α,β-unsaturated/α-hetero) is 1. The average Bonchev–Trinajstić information content (AvgIpc) is 1.67. The van der Waals surface area contributed by atoms with Crippen molar-refractivity contribution in [2.75, 3.05) is 19.6 Å². The van der Waals surface area contributed by atoms with Crippen LogP contribution in [0.2, 0.25) is 0 Å². The summed E-state index contributed by atoms with van der Waals surface area (Å²) in [6.45, 7) is 113. The Hall–Kier alpha value is -4.32. The van der Waals surface area contributed by atoms with Crippen LogP contribution in [0.25, 0.3) is 0 Å². The maximum Gasteiger partial charge on any atom is 0.173 e. The van der Waals surface area contributed by atoms with Crippen LogP contribution in [0.4, 0.5) is 0 Å². The molecular weight excluding hydrogens is 1350 g/mol. The predicted molar refractivity (Wildman–Crippen MR) is 551 cm³/mol. The Balaban J connectivity index is -0.0000000374. The molecule has 0 bridgehead atoms. The minimum absolute atomic E-state index is 0.172. The van der Waals surface area contributed by atoms with Gasteiger partial charge in [-0.2, -0.15) is 0 Å². The van der Waals surface area contributed by atoms with E-state index in [9.17, 15) is 4.79 Å². The van der Waals surface area contributed by atoms with Gasteiger partial charge in [0.05, 0.1) is 12.8 Å². The Labute approximate surface area is 714 Å². The highest BCUT2D eigenvalue weighted by molar-refractivity contribution is 6.27. The number of aliphatic imine (C=N–C) groups is 5. The van der Waals surface area contributed by atoms with Crippen molar-refractivity contribution in [2.24, 2.45) is 25.0 Å². The van der Waals surface area contributed by atoms with Crippen molar-refractivity contribution < 1.29 is 4.79 Å². The van der Waals surface area contributed by atoms with Crippen molar-refractivity contribution in [3.63, 3.8) is 0 Å². The van der Waals surface area contributed by atoms with Crippen LogP contribution in [0.1, 0.15) is 523 Å².